The molecule has 0 nitrogen and oxygen atoms in total. The molecule has 0 aromatic heterocycles. The van der Waals surface area contributed by atoms with Crippen LogP contribution < -0.4 is 0 Å². The molecule has 62 valence electrons. The minimum Gasteiger partial charge on any atom is -0.122 e. The summed E-state index contributed by atoms with van der Waals surface area (Å²) in [6.45, 7) is 3.61. The van der Waals surface area contributed by atoms with Crippen molar-refractivity contribution < 1.29 is 0 Å². The van der Waals surface area contributed by atoms with Gasteiger partial charge in [-0.2, -0.15) is 0 Å². The molecule has 0 amide bonds. The van der Waals surface area contributed by atoms with E-state index in [0.717, 1.165) is 5.75 Å². The highest BCUT2D eigenvalue weighted by atomic mass is 32.2. The summed E-state index contributed by atoms with van der Waals surface area (Å²) in [6, 6.07) is 10.4. The minimum absolute atomic E-state index is 1.01. The average Bonchev–Trinajstić information content (AvgIpc) is 2.14. The van der Waals surface area contributed by atoms with E-state index in [1.54, 1.807) is 6.08 Å². The molecule has 0 unspecified atom stereocenters. The van der Waals surface area contributed by atoms with Gasteiger partial charge < -0.3 is 0 Å². The molecule has 0 radical (unpaired) electrons. The highest BCUT2D eigenvalue weighted by molar-refractivity contribution is 7.99. The standard InChI is InChI=1S/C11H12S/c1-2-3-7-10-12-11-8-5-4-6-9-11/h2-9H,1,10H2/b7-3+. The molecule has 1 aromatic rings. The highest BCUT2D eigenvalue weighted by Crippen LogP contribution is 2.16. The van der Waals surface area contributed by atoms with Crippen LogP contribution in [0.2, 0.25) is 0 Å². The summed E-state index contributed by atoms with van der Waals surface area (Å²) in [4.78, 5) is 1.31. The van der Waals surface area contributed by atoms with Crippen LogP contribution in [0.5, 0.6) is 0 Å². The zero-order chi connectivity index (χ0) is 8.65. The van der Waals surface area contributed by atoms with Crippen molar-refractivity contribution in [1.29, 1.82) is 0 Å². The molecular weight excluding hydrogens is 164 g/mol. The Hall–Kier alpha value is -0.950. The van der Waals surface area contributed by atoms with E-state index in [9.17, 15) is 0 Å². The lowest BCUT2D eigenvalue weighted by Crippen LogP contribution is -1.71. The minimum atomic E-state index is 1.01. The van der Waals surface area contributed by atoms with Crippen LogP contribution >= 0.6 is 11.8 Å². The molecule has 0 aliphatic heterocycles. The number of hydrogen-bond donors (Lipinski definition) is 0. The molecule has 0 N–H and O–H groups in total. The molecule has 1 heteroatoms. The third kappa shape index (κ3) is 3.44. The molecule has 0 spiro atoms. The van der Waals surface area contributed by atoms with Crippen molar-refractivity contribution in [1.82, 2.24) is 0 Å². The fourth-order valence-electron chi connectivity index (χ4n) is 0.813. The van der Waals surface area contributed by atoms with Crippen molar-refractivity contribution in [3.8, 4) is 0 Å². The van der Waals surface area contributed by atoms with Gasteiger partial charge in [0.1, 0.15) is 0 Å². The lowest BCUT2D eigenvalue weighted by molar-refractivity contribution is 1.46. The SMILES string of the molecule is C=C/C=C/CSc1ccccc1. The van der Waals surface area contributed by atoms with Gasteiger partial charge in [0.05, 0.1) is 0 Å². The van der Waals surface area contributed by atoms with Crippen molar-refractivity contribution in [3.63, 3.8) is 0 Å². The Morgan fingerprint density at radius 3 is 2.67 bits per heavy atom. The molecule has 0 aliphatic carbocycles. The van der Waals surface area contributed by atoms with Crippen LogP contribution in [0.25, 0.3) is 0 Å². The average molecular weight is 176 g/mol. The smallest absolute Gasteiger partial charge is 0.0163 e. The monoisotopic (exact) mass is 176 g/mol. The number of allylic oxidation sites excluding steroid dienone is 2. The van der Waals surface area contributed by atoms with Crippen LogP contribution in [0, 0.1) is 0 Å². The highest BCUT2D eigenvalue weighted by Gasteiger charge is 1.86. The van der Waals surface area contributed by atoms with E-state index in [-0.39, 0.29) is 0 Å². The fourth-order valence-corrected chi connectivity index (χ4v) is 1.56. The van der Waals surface area contributed by atoms with Crippen LogP contribution in [0.1, 0.15) is 0 Å². The summed E-state index contributed by atoms with van der Waals surface area (Å²) < 4.78 is 0. The van der Waals surface area contributed by atoms with E-state index in [2.05, 4.69) is 36.9 Å². The Bertz CT molecular complexity index is 249. The molecule has 0 heterocycles. The summed E-state index contributed by atoms with van der Waals surface area (Å²) in [5.41, 5.74) is 0. The fraction of sp³-hybridized carbons (Fsp3) is 0.0909. The maximum absolute atomic E-state index is 3.61. The summed E-state index contributed by atoms with van der Waals surface area (Å²) >= 11 is 1.83. The van der Waals surface area contributed by atoms with E-state index in [1.807, 2.05) is 23.9 Å². The second-order valence-corrected chi connectivity index (χ2v) is 3.38. The Kier molecular flexibility index (Phi) is 4.32. The third-order valence-corrected chi connectivity index (χ3v) is 2.33. The topological polar surface area (TPSA) is 0 Å². The predicted octanol–water partition coefficient (Wildman–Crippen LogP) is 3.52. The van der Waals surface area contributed by atoms with Crippen molar-refractivity contribution in [2.75, 3.05) is 5.75 Å². The number of rotatable bonds is 4. The summed E-state index contributed by atoms with van der Waals surface area (Å²) in [5.74, 6) is 1.01. The van der Waals surface area contributed by atoms with E-state index >= 15 is 0 Å². The van der Waals surface area contributed by atoms with Crippen LogP contribution in [-0.2, 0) is 0 Å². The predicted molar refractivity (Wildman–Crippen MR) is 56.5 cm³/mol. The van der Waals surface area contributed by atoms with Crippen molar-refractivity contribution >= 4 is 11.8 Å². The molecular formula is C11H12S. The maximum atomic E-state index is 3.61. The van der Waals surface area contributed by atoms with Crippen LogP contribution in [0.4, 0.5) is 0 Å². The zero-order valence-corrected chi connectivity index (χ0v) is 7.76. The Labute approximate surface area is 78.0 Å². The van der Waals surface area contributed by atoms with Gasteiger partial charge in [-0.15, -0.1) is 11.8 Å². The van der Waals surface area contributed by atoms with E-state index in [4.69, 9.17) is 0 Å². The zero-order valence-electron chi connectivity index (χ0n) is 6.94. The molecule has 0 saturated carbocycles. The largest absolute Gasteiger partial charge is 0.122 e. The van der Waals surface area contributed by atoms with Crippen LogP contribution in [0.3, 0.4) is 0 Å². The lowest BCUT2D eigenvalue weighted by Gasteiger charge is -1.95. The van der Waals surface area contributed by atoms with Crippen molar-refractivity contribution in [2.45, 2.75) is 4.90 Å². The first-order chi connectivity index (χ1) is 5.93. The Morgan fingerprint density at radius 2 is 2.00 bits per heavy atom. The molecule has 1 aromatic carbocycles. The molecule has 0 bridgehead atoms. The first kappa shape index (κ1) is 9.14. The summed E-state index contributed by atoms with van der Waals surface area (Å²) in [6.07, 6.45) is 5.87. The van der Waals surface area contributed by atoms with E-state index in [0.29, 0.717) is 0 Å². The Balaban J connectivity index is 2.33. The Morgan fingerprint density at radius 1 is 1.25 bits per heavy atom. The second-order valence-electron chi connectivity index (χ2n) is 2.29. The number of benzene rings is 1. The van der Waals surface area contributed by atoms with Gasteiger partial charge in [-0.1, -0.05) is 43.0 Å². The summed E-state index contributed by atoms with van der Waals surface area (Å²) in [7, 11) is 0. The van der Waals surface area contributed by atoms with E-state index in [1.165, 1.54) is 4.90 Å². The van der Waals surface area contributed by atoms with Gasteiger partial charge >= 0.3 is 0 Å². The van der Waals surface area contributed by atoms with E-state index < -0.39 is 0 Å². The van der Waals surface area contributed by atoms with Gasteiger partial charge in [0, 0.05) is 10.6 Å². The van der Waals surface area contributed by atoms with Gasteiger partial charge in [0.15, 0.2) is 0 Å². The van der Waals surface area contributed by atoms with Gasteiger partial charge in [-0.05, 0) is 12.1 Å². The quantitative estimate of drug-likeness (QED) is 0.499. The van der Waals surface area contributed by atoms with Crippen LogP contribution in [0.15, 0.2) is 60.0 Å². The number of thioether (sulfide) groups is 1. The van der Waals surface area contributed by atoms with Gasteiger partial charge in [0.25, 0.3) is 0 Å². The second kappa shape index (κ2) is 5.67. The molecule has 12 heavy (non-hydrogen) atoms. The molecule has 1 rings (SSSR count). The normalized spacial score (nSPS) is 10.3. The third-order valence-electron chi connectivity index (χ3n) is 1.36. The van der Waals surface area contributed by atoms with Gasteiger partial charge in [-0.3, -0.25) is 0 Å². The summed E-state index contributed by atoms with van der Waals surface area (Å²) in [5, 5.41) is 0. The molecule has 0 fully saturated rings. The molecule has 0 atom stereocenters. The van der Waals surface area contributed by atoms with Crippen LogP contribution in [-0.4, -0.2) is 5.75 Å². The molecule has 0 saturated heterocycles. The molecule has 0 aliphatic rings. The lowest BCUT2D eigenvalue weighted by atomic mass is 10.4. The first-order valence-electron chi connectivity index (χ1n) is 3.89. The van der Waals surface area contributed by atoms with Crippen molar-refractivity contribution in [3.05, 3.63) is 55.1 Å². The van der Waals surface area contributed by atoms with Gasteiger partial charge in [0.2, 0.25) is 0 Å². The first-order valence-corrected chi connectivity index (χ1v) is 4.87. The van der Waals surface area contributed by atoms with Crippen molar-refractivity contribution in [2.24, 2.45) is 0 Å². The maximum Gasteiger partial charge on any atom is 0.0163 e. The van der Waals surface area contributed by atoms with Gasteiger partial charge in [-0.25, -0.2) is 0 Å². The number of hydrogen-bond acceptors (Lipinski definition) is 1.